The van der Waals surface area contributed by atoms with E-state index in [4.69, 9.17) is 14.2 Å². The van der Waals surface area contributed by atoms with Gasteiger partial charge in [0.1, 0.15) is 12.4 Å². The van der Waals surface area contributed by atoms with Crippen molar-refractivity contribution in [3.05, 3.63) is 82.6 Å². The molecular weight excluding hydrogens is 382 g/mol. The van der Waals surface area contributed by atoms with E-state index in [2.05, 4.69) is 0 Å². The SMILES string of the molecule is COCCN1C(=O)/C(=C\c2cccc(OCc3ccccc3)c2)C(C(=O)OC)=C1C. The molecule has 1 amide bonds. The molecule has 0 bridgehead atoms. The van der Waals surface area contributed by atoms with E-state index < -0.39 is 5.97 Å². The minimum atomic E-state index is -0.538. The molecule has 0 aliphatic carbocycles. The molecule has 156 valence electrons. The fourth-order valence-corrected chi connectivity index (χ4v) is 3.28. The summed E-state index contributed by atoms with van der Waals surface area (Å²) in [5.74, 6) is -0.112. The third-order valence-corrected chi connectivity index (χ3v) is 4.84. The molecule has 1 heterocycles. The Morgan fingerprint density at radius 3 is 2.53 bits per heavy atom. The van der Waals surface area contributed by atoms with Crippen LogP contribution < -0.4 is 4.74 Å². The van der Waals surface area contributed by atoms with Crippen LogP contribution in [0.2, 0.25) is 0 Å². The van der Waals surface area contributed by atoms with Gasteiger partial charge in [-0.25, -0.2) is 4.79 Å². The fraction of sp³-hybridized carbons (Fsp3) is 0.250. The van der Waals surface area contributed by atoms with Gasteiger partial charge in [-0.1, -0.05) is 42.5 Å². The minimum absolute atomic E-state index is 0.249. The van der Waals surface area contributed by atoms with Crippen molar-refractivity contribution in [3.8, 4) is 5.75 Å². The number of ether oxygens (including phenoxy) is 3. The van der Waals surface area contributed by atoms with Gasteiger partial charge < -0.3 is 19.1 Å². The predicted molar refractivity (Wildman–Crippen MR) is 113 cm³/mol. The van der Waals surface area contributed by atoms with Crippen LogP contribution in [0.4, 0.5) is 0 Å². The second-order valence-electron chi connectivity index (χ2n) is 6.81. The van der Waals surface area contributed by atoms with Gasteiger partial charge in [-0.2, -0.15) is 0 Å². The van der Waals surface area contributed by atoms with Crippen LogP contribution in [0.15, 0.2) is 71.4 Å². The lowest BCUT2D eigenvalue weighted by molar-refractivity contribution is -0.136. The summed E-state index contributed by atoms with van der Waals surface area (Å²) >= 11 is 0. The summed E-state index contributed by atoms with van der Waals surface area (Å²) in [5.41, 5.74) is 2.95. The first kappa shape index (κ1) is 21.3. The lowest BCUT2D eigenvalue weighted by Crippen LogP contribution is -2.28. The zero-order chi connectivity index (χ0) is 21.5. The summed E-state index contributed by atoms with van der Waals surface area (Å²) in [6, 6.07) is 17.3. The van der Waals surface area contributed by atoms with E-state index in [0.717, 1.165) is 11.1 Å². The Morgan fingerprint density at radius 1 is 1.07 bits per heavy atom. The summed E-state index contributed by atoms with van der Waals surface area (Å²) in [6.07, 6.45) is 1.69. The second-order valence-corrected chi connectivity index (χ2v) is 6.81. The zero-order valence-corrected chi connectivity index (χ0v) is 17.4. The topological polar surface area (TPSA) is 65.1 Å². The van der Waals surface area contributed by atoms with Crippen LogP contribution in [0.1, 0.15) is 18.1 Å². The van der Waals surface area contributed by atoms with Crippen LogP contribution in [0.5, 0.6) is 5.75 Å². The molecule has 0 aromatic heterocycles. The van der Waals surface area contributed by atoms with Gasteiger partial charge in [-0.3, -0.25) is 4.79 Å². The minimum Gasteiger partial charge on any atom is -0.489 e. The molecule has 0 saturated carbocycles. The van der Waals surface area contributed by atoms with Crippen LogP contribution in [0.3, 0.4) is 0 Å². The number of benzene rings is 2. The van der Waals surface area contributed by atoms with E-state index >= 15 is 0 Å². The molecule has 2 aromatic rings. The second kappa shape index (κ2) is 9.89. The van der Waals surface area contributed by atoms with Gasteiger partial charge in [0, 0.05) is 19.4 Å². The average molecular weight is 407 g/mol. The van der Waals surface area contributed by atoms with Gasteiger partial charge in [0.05, 0.1) is 24.9 Å². The smallest absolute Gasteiger partial charge is 0.340 e. The van der Waals surface area contributed by atoms with Crippen molar-refractivity contribution in [2.45, 2.75) is 13.5 Å². The third kappa shape index (κ3) is 4.78. The highest BCUT2D eigenvalue weighted by Gasteiger charge is 2.36. The largest absolute Gasteiger partial charge is 0.489 e. The van der Waals surface area contributed by atoms with E-state index in [1.807, 2.05) is 54.6 Å². The molecule has 0 spiro atoms. The lowest BCUT2D eigenvalue weighted by atomic mass is 10.0. The summed E-state index contributed by atoms with van der Waals surface area (Å²) in [6.45, 7) is 2.91. The van der Waals surface area contributed by atoms with Crippen LogP contribution in [-0.4, -0.2) is 44.1 Å². The van der Waals surface area contributed by atoms with Crippen LogP contribution in [0, 0.1) is 0 Å². The van der Waals surface area contributed by atoms with Gasteiger partial charge in [0.15, 0.2) is 0 Å². The number of methoxy groups -OCH3 is 2. The summed E-state index contributed by atoms with van der Waals surface area (Å²) in [7, 11) is 2.87. The van der Waals surface area contributed by atoms with Crippen molar-refractivity contribution in [1.29, 1.82) is 0 Å². The molecule has 0 atom stereocenters. The van der Waals surface area contributed by atoms with Crippen LogP contribution in [-0.2, 0) is 25.7 Å². The first-order chi connectivity index (χ1) is 14.5. The first-order valence-electron chi connectivity index (χ1n) is 9.64. The van der Waals surface area contributed by atoms with Gasteiger partial charge in [0.25, 0.3) is 5.91 Å². The monoisotopic (exact) mass is 407 g/mol. The Balaban J connectivity index is 1.86. The van der Waals surface area contributed by atoms with E-state index in [0.29, 0.717) is 36.8 Å². The Labute approximate surface area is 176 Å². The highest BCUT2D eigenvalue weighted by molar-refractivity contribution is 6.16. The van der Waals surface area contributed by atoms with E-state index in [1.165, 1.54) is 12.0 Å². The van der Waals surface area contributed by atoms with Crippen molar-refractivity contribution in [1.82, 2.24) is 4.90 Å². The Morgan fingerprint density at radius 2 is 1.83 bits per heavy atom. The quantitative estimate of drug-likeness (QED) is 0.494. The molecule has 3 rings (SSSR count). The van der Waals surface area contributed by atoms with Gasteiger partial charge in [0.2, 0.25) is 0 Å². The van der Waals surface area contributed by atoms with Crippen molar-refractivity contribution in [3.63, 3.8) is 0 Å². The number of hydrogen-bond donors (Lipinski definition) is 0. The van der Waals surface area contributed by atoms with Gasteiger partial charge in [-0.05, 0) is 36.3 Å². The molecule has 6 nitrogen and oxygen atoms in total. The molecule has 2 aromatic carbocycles. The van der Waals surface area contributed by atoms with Crippen LogP contribution in [0.25, 0.3) is 6.08 Å². The molecule has 1 aliphatic heterocycles. The molecule has 1 aliphatic rings. The first-order valence-corrected chi connectivity index (χ1v) is 9.64. The summed E-state index contributed by atoms with van der Waals surface area (Å²) in [4.78, 5) is 26.9. The van der Waals surface area contributed by atoms with Crippen molar-refractivity contribution in [2.24, 2.45) is 0 Å². The number of esters is 1. The number of carbonyl (C=O) groups excluding carboxylic acids is 2. The summed E-state index contributed by atoms with van der Waals surface area (Å²) < 4.78 is 15.9. The molecule has 0 N–H and O–H groups in total. The molecule has 6 heteroatoms. The average Bonchev–Trinajstić information content (AvgIpc) is 3.00. The molecule has 0 unspecified atom stereocenters. The van der Waals surface area contributed by atoms with E-state index in [-0.39, 0.29) is 11.5 Å². The molecular formula is C24H25NO5. The standard InChI is InChI=1S/C24H25NO5/c1-17-22(24(27)29-3)21(23(26)25(17)12-13-28-2)15-19-10-7-11-20(14-19)30-16-18-8-5-4-6-9-18/h4-11,14-15H,12-13,16H2,1-3H3/b21-15-. The maximum Gasteiger partial charge on any atom is 0.340 e. The Kier molecular flexibility index (Phi) is 7.03. The van der Waals surface area contributed by atoms with Crippen molar-refractivity contribution >= 4 is 18.0 Å². The van der Waals surface area contributed by atoms with Crippen LogP contribution >= 0.6 is 0 Å². The predicted octanol–water partition coefficient (Wildman–Crippen LogP) is 3.58. The van der Waals surface area contributed by atoms with E-state index in [9.17, 15) is 9.59 Å². The molecule has 30 heavy (non-hydrogen) atoms. The normalized spacial score (nSPS) is 15.1. The van der Waals surface area contributed by atoms with Crippen molar-refractivity contribution < 1.29 is 23.8 Å². The molecule has 0 fully saturated rings. The lowest BCUT2D eigenvalue weighted by Gasteiger charge is -2.16. The maximum atomic E-state index is 13.0. The molecule has 0 saturated heterocycles. The number of rotatable bonds is 8. The highest BCUT2D eigenvalue weighted by atomic mass is 16.5. The maximum absolute atomic E-state index is 13.0. The van der Waals surface area contributed by atoms with Gasteiger partial charge in [-0.15, -0.1) is 0 Å². The third-order valence-electron chi connectivity index (χ3n) is 4.84. The molecule has 0 radical (unpaired) electrons. The number of nitrogens with zero attached hydrogens (tertiary/aromatic N) is 1. The zero-order valence-electron chi connectivity index (χ0n) is 17.4. The van der Waals surface area contributed by atoms with Crippen molar-refractivity contribution in [2.75, 3.05) is 27.4 Å². The number of carbonyl (C=O) groups is 2. The highest BCUT2D eigenvalue weighted by Crippen LogP contribution is 2.32. The Bertz CT molecular complexity index is 978. The Hall–Kier alpha value is -3.38. The van der Waals surface area contributed by atoms with E-state index in [1.54, 1.807) is 20.1 Å². The number of amides is 1. The van der Waals surface area contributed by atoms with Gasteiger partial charge >= 0.3 is 5.97 Å². The number of hydrogen-bond acceptors (Lipinski definition) is 5. The number of allylic oxidation sites excluding steroid dienone is 1. The fourth-order valence-electron chi connectivity index (χ4n) is 3.28. The summed E-state index contributed by atoms with van der Waals surface area (Å²) in [5, 5.41) is 0.